The molecule has 0 aliphatic rings. The van der Waals surface area contributed by atoms with Crippen LogP contribution in [0.4, 0.5) is 5.69 Å². The zero-order valence-electron chi connectivity index (χ0n) is 11.3. The second kappa shape index (κ2) is 5.14. The SMILES string of the molecule is Cc1ncc(CNS(=O)(=O)c2c[nH]c3cc(N)ccc23)s1. The van der Waals surface area contributed by atoms with Crippen LogP contribution < -0.4 is 10.5 Å². The topological polar surface area (TPSA) is 101 Å². The zero-order chi connectivity index (χ0) is 15.0. The van der Waals surface area contributed by atoms with Gasteiger partial charge in [-0.3, -0.25) is 0 Å². The van der Waals surface area contributed by atoms with Crippen molar-refractivity contribution in [3.63, 3.8) is 0 Å². The first kappa shape index (κ1) is 14.1. The van der Waals surface area contributed by atoms with Gasteiger partial charge in [0, 0.05) is 40.4 Å². The van der Waals surface area contributed by atoms with Gasteiger partial charge >= 0.3 is 0 Å². The Kier molecular flexibility index (Phi) is 3.44. The standard InChI is InChI=1S/C13H14N4O2S2/c1-8-15-5-10(20-8)6-17-21(18,19)13-7-16-12-4-9(14)2-3-11(12)13/h2-5,7,16-17H,6,14H2,1H3. The van der Waals surface area contributed by atoms with Gasteiger partial charge in [-0.05, 0) is 25.1 Å². The number of nitrogens with two attached hydrogens (primary N) is 1. The highest BCUT2D eigenvalue weighted by atomic mass is 32.2. The van der Waals surface area contributed by atoms with Crippen molar-refractivity contribution in [1.82, 2.24) is 14.7 Å². The van der Waals surface area contributed by atoms with E-state index in [0.29, 0.717) is 16.6 Å². The first-order valence-electron chi connectivity index (χ1n) is 6.23. The van der Waals surface area contributed by atoms with E-state index in [1.807, 2.05) is 6.92 Å². The number of nitrogen functional groups attached to an aromatic ring is 1. The molecule has 0 aliphatic carbocycles. The van der Waals surface area contributed by atoms with Crippen molar-refractivity contribution in [1.29, 1.82) is 0 Å². The minimum atomic E-state index is -3.59. The highest BCUT2D eigenvalue weighted by Gasteiger charge is 2.19. The van der Waals surface area contributed by atoms with Crippen molar-refractivity contribution in [2.45, 2.75) is 18.4 Å². The van der Waals surface area contributed by atoms with Gasteiger partial charge in [0.1, 0.15) is 4.90 Å². The number of nitrogens with one attached hydrogen (secondary N) is 2. The van der Waals surface area contributed by atoms with Gasteiger partial charge in [0.25, 0.3) is 0 Å². The molecule has 8 heteroatoms. The van der Waals surface area contributed by atoms with Gasteiger partial charge in [0.05, 0.1) is 5.01 Å². The lowest BCUT2D eigenvalue weighted by molar-refractivity contribution is 0.582. The van der Waals surface area contributed by atoms with Crippen LogP contribution >= 0.6 is 11.3 Å². The number of thiazole rings is 1. The molecule has 2 heterocycles. The lowest BCUT2D eigenvalue weighted by Crippen LogP contribution is -2.22. The van der Waals surface area contributed by atoms with Crippen molar-refractivity contribution in [3.8, 4) is 0 Å². The summed E-state index contributed by atoms with van der Waals surface area (Å²) in [6, 6.07) is 5.09. The molecule has 0 amide bonds. The van der Waals surface area contributed by atoms with Gasteiger partial charge in [-0.1, -0.05) is 0 Å². The molecule has 0 bridgehead atoms. The molecule has 0 saturated carbocycles. The molecule has 21 heavy (non-hydrogen) atoms. The highest BCUT2D eigenvalue weighted by Crippen LogP contribution is 2.24. The molecule has 6 nitrogen and oxygen atoms in total. The Hall–Kier alpha value is -1.90. The largest absolute Gasteiger partial charge is 0.399 e. The fraction of sp³-hybridized carbons (Fsp3) is 0.154. The maximum atomic E-state index is 12.4. The molecule has 0 radical (unpaired) electrons. The molecular weight excluding hydrogens is 308 g/mol. The van der Waals surface area contributed by atoms with Crippen LogP contribution in [0.3, 0.4) is 0 Å². The normalized spacial score (nSPS) is 12.0. The van der Waals surface area contributed by atoms with Crippen LogP contribution in [0.2, 0.25) is 0 Å². The Balaban J connectivity index is 1.89. The molecule has 4 N–H and O–H groups in total. The van der Waals surface area contributed by atoms with E-state index in [0.717, 1.165) is 9.88 Å². The van der Waals surface area contributed by atoms with Crippen LogP contribution in [-0.2, 0) is 16.6 Å². The number of sulfonamides is 1. The number of rotatable bonds is 4. The van der Waals surface area contributed by atoms with Crippen LogP contribution in [0.5, 0.6) is 0 Å². The molecule has 0 unspecified atom stereocenters. The maximum Gasteiger partial charge on any atom is 0.243 e. The van der Waals surface area contributed by atoms with Gasteiger partial charge < -0.3 is 10.7 Å². The number of fused-ring (bicyclic) bond motifs is 1. The van der Waals surface area contributed by atoms with E-state index >= 15 is 0 Å². The summed E-state index contributed by atoms with van der Waals surface area (Å²) >= 11 is 1.47. The van der Waals surface area contributed by atoms with Crippen molar-refractivity contribution in [2.75, 3.05) is 5.73 Å². The van der Waals surface area contributed by atoms with Gasteiger partial charge in [0.2, 0.25) is 10.0 Å². The Morgan fingerprint density at radius 3 is 2.95 bits per heavy atom. The highest BCUT2D eigenvalue weighted by molar-refractivity contribution is 7.89. The molecule has 2 aromatic heterocycles. The molecule has 3 rings (SSSR count). The van der Waals surface area contributed by atoms with E-state index in [1.165, 1.54) is 17.5 Å². The van der Waals surface area contributed by atoms with E-state index in [9.17, 15) is 8.42 Å². The van der Waals surface area contributed by atoms with Crippen LogP contribution in [0.1, 0.15) is 9.88 Å². The van der Waals surface area contributed by atoms with Crippen molar-refractivity contribution >= 4 is 38.0 Å². The molecule has 0 aliphatic heterocycles. The van der Waals surface area contributed by atoms with Crippen molar-refractivity contribution in [2.24, 2.45) is 0 Å². The third-order valence-electron chi connectivity index (χ3n) is 3.06. The Bertz CT molecular complexity index is 896. The number of aromatic amines is 1. The van der Waals surface area contributed by atoms with Gasteiger partial charge in [-0.2, -0.15) is 0 Å². The number of aryl methyl sites for hydroxylation is 1. The Morgan fingerprint density at radius 2 is 2.24 bits per heavy atom. The van der Waals surface area contributed by atoms with E-state index in [4.69, 9.17) is 5.73 Å². The number of nitrogens with zero attached hydrogens (tertiary/aromatic N) is 1. The van der Waals surface area contributed by atoms with Crippen LogP contribution in [-0.4, -0.2) is 18.4 Å². The van der Waals surface area contributed by atoms with Crippen molar-refractivity contribution < 1.29 is 8.42 Å². The number of hydrogen-bond donors (Lipinski definition) is 3. The predicted molar refractivity (Wildman–Crippen MR) is 83.6 cm³/mol. The lowest BCUT2D eigenvalue weighted by atomic mass is 10.2. The van der Waals surface area contributed by atoms with Gasteiger partial charge in [-0.25, -0.2) is 18.1 Å². The number of benzene rings is 1. The van der Waals surface area contributed by atoms with Gasteiger partial charge in [-0.15, -0.1) is 11.3 Å². The summed E-state index contributed by atoms with van der Waals surface area (Å²) in [5.41, 5.74) is 6.97. The first-order valence-corrected chi connectivity index (χ1v) is 8.53. The van der Waals surface area contributed by atoms with Crippen LogP contribution in [0.25, 0.3) is 10.9 Å². The predicted octanol–water partition coefficient (Wildman–Crippen LogP) is 1.99. The summed E-state index contributed by atoms with van der Waals surface area (Å²) in [4.78, 5) is 8.13. The maximum absolute atomic E-state index is 12.4. The zero-order valence-corrected chi connectivity index (χ0v) is 12.9. The quantitative estimate of drug-likeness (QED) is 0.639. The van der Waals surface area contributed by atoms with E-state index in [2.05, 4.69) is 14.7 Å². The number of hydrogen-bond acceptors (Lipinski definition) is 5. The summed E-state index contributed by atoms with van der Waals surface area (Å²) in [6.45, 7) is 2.11. The molecule has 0 spiro atoms. The summed E-state index contributed by atoms with van der Waals surface area (Å²) in [5.74, 6) is 0. The lowest BCUT2D eigenvalue weighted by Gasteiger charge is -2.04. The average Bonchev–Trinajstić information content (AvgIpc) is 3.02. The second-order valence-corrected chi connectivity index (χ2v) is 7.68. The molecule has 0 fully saturated rings. The van der Waals surface area contributed by atoms with E-state index in [-0.39, 0.29) is 11.4 Å². The smallest absolute Gasteiger partial charge is 0.243 e. The number of anilines is 1. The van der Waals surface area contributed by atoms with Crippen LogP contribution in [0.15, 0.2) is 35.5 Å². The Morgan fingerprint density at radius 1 is 1.43 bits per heavy atom. The minimum absolute atomic E-state index is 0.221. The molecule has 1 aromatic carbocycles. The number of H-pyrrole nitrogens is 1. The average molecular weight is 322 g/mol. The summed E-state index contributed by atoms with van der Waals surface area (Å²) in [5, 5.41) is 1.53. The number of aromatic nitrogens is 2. The molecule has 0 atom stereocenters. The summed E-state index contributed by atoms with van der Waals surface area (Å²) in [6.07, 6.45) is 3.16. The van der Waals surface area contributed by atoms with E-state index in [1.54, 1.807) is 24.4 Å². The third-order valence-corrected chi connectivity index (χ3v) is 5.42. The summed E-state index contributed by atoms with van der Waals surface area (Å²) < 4.78 is 27.4. The molecule has 3 aromatic rings. The first-order chi connectivity index (χ1) is 9.95. The van der Waals surface area contributed by atoms with E-state index < -0.39 is 10.0 Å². The molecule has 110 valence electrons. The fourth-order valence-electron chi connectivity index (χ4n) is 2.07. The second-order valence-electron chi connectivity index (χ2n) is 4.63. The van der Waals surface area contributed by atoms with Crippen molar-refractivity contribution in [3.05, 3.63) is 40.5 Å². The molecular formula is C13H14N4O2S2. The van der Waals surface area contributed by atoms with Crippen LogP contribution in [0, 0.1) is 6.92 Å². The summed E-state index contributed by atoms with van der Waals surface area (Å²) in [7, 11) is -3.59. The third kappa shape index (κ3) is 2.78. The fourth-order valence-corrected chi connectivity index (χ4v) is 4.08. The minimum Gasteiger partial charge on any atom is -0.399 e. The Labute approximate surface area is 126 Å². The molecule has 0 saturated heterocycles. The monoisotopic (exact) mass is 322 g/mol. The van der Waals surface area contributed by atoms with Gasteiger partial charge in [0.15, 0.2) is 0 Å².